The second kappa shape index (κ2) is 6.02. The Morgan fingerprint density at radius 3 is 2.28 bits per heavy atom. The Hall–Kier alpha value is -1.33. The van der Waals surface area contributed by atoms with Gasteiger partial charge in [0.15, 0.2) is 0 Å². The van der Waals surface area contributed by atoms with Crippen molar-refractivity contribution in [2.24, 2.45) is 0 Å². The highest BCUT2D eigenvalue weighted by atomic mass is 32.2. The minimum Gasteiger partial charge on any atom is -0.381 e. The Morgan fingerprint density at radius 2 is 1.83 bits per heavy atom. The fraction of sp³-hybridized carbons (Fsp3) is 0.385. The predicted molar refractivity (Wildman–Crippen MR) is 75.2 cm³/mol. The molecule has 4 nitrogen and oxygen atoms in total. The Morgan fingerprint density at radius 1 is 1.28 bits per heavy atom. The quantitative estimate of drug-likeness (QED) is 0.779. The van der Waals surface area contributed by atoms with Crippen LogP contribution in [0.5, 0.6) is 0 Å². The van der Waals surface area contributed by atoms with E-state index < -0.39 is 10.0 Å². The van der Waals surface area contributed by atoms with Crippen LogP contribution in [-0.2, 0) is 10.0 Å². The maximum absolute atomic E-state index is 11.9. The van der Waals surface area contributed by atoms with Crippen molar-refractivity contribution in [1.82, 2.24) is 4.72 Å². The molecule has 0 saturated carbocycles. The minimum atomic E-state index is -3.40. The van der Waals surface area contributed by atoms with E-state index in [0.717, 1.165) is 11.3 Å². The van der Waals surface area contributed by atoms with Gasteiger partial charge >= 0.3 is 0 Å². The third kappa shape index (κ3) is 4.50. The normalized spacial score (nSPS) is 11.6. The predicted octanol–water partition coefficient (Wildman–Crippen LogP) is 2.36. The van der Waals surface area contributed by atoms with Gasteiger partial charge in [-0.2, -0.15) is 0 Å². The molecule has 5 heteroatoms. The summed E-state index contributed by atoms with van der Waals surface area (Å²) in [5.41, 5.74) is 1.90. The summed E-state index contributed by atoms with van der Waals surface area (Å²) in [6, 6.07) is 6.56. The van der Waals surface area contributed by atoms with Gasteiger partial charge in [-0.25, -0.2) is 13.1 Å². The molecule has 2 N–H and O–H groups in total. The summed E-state index contributed by atoms with van der Waals surface area (Å²) in [5.74, 6) is 0. The summed E-state index contributed by atoms with van der Waals surface area (Å²) in [7, 11) is -3.40. The average Bonchev–Trinajstić information content (AvgIpc) is 2.25. The molecule has 100 valence electrons. The summed E-state index contributed by atoms with van der Waals surface area (Å²) in [4.78, 5) is 0.275. The van der Waals surface area contributed by atoms with Gasteiger partial charge in [-0.3, -0.25) is 0 Å². The molecule has 0 saturated heterocycles. The third-order valence-corrected chi connectivity index (χ3v) is 3.82. The molecule has 18 heavy (non-hydrogen) atoms. The minimum absolute atomic E-state index is 0.115. The SMILES string of the molecule is C=C(C)CNc1ccc(S(=O)(=O)NC(C)C)cc1. The molecular formula is C13H20N2O2S. The largest absolute Gasteiger partial charge is 0.381 e. The first-order valence-electron chi connectivity index (χ1n) is 5.82. The van der Waals surface area contributed by atoms with Crippen LogP contribution in [0.15, 0.2) is 41.3 Å². The molecule has 1 aromatic carbocycles. The summed E-state index contributed by atoms with van der Waals surface area (Å²) < 4.78 is 26.3. The molecular weight excluding hydrogens is 248 g/mol. The first-order valence-corrected chi connectivity index (χ1v) is 7.30. The van der Waals surface area contributed by atoms with Crippen molar-refractivity contribution in [1.29, 1.82) is 0 Å². The summed E-state index contributed by atoms with van der Waals surface area (Å²) in [6.45, 7) is 9.98. The van der Waals surface area contributed by atoms with E-state index in [2.05, 4.69) is 16.6 Å². The first kappa shape index (κ1) is 14.7. The molecule has 0 atom stereocenters. The molecule has 0 aromatic heterocycles. The van der Waals surface area contributed by atoms with Crippen LogP contribution in [0.25, 0.3) is 0 Å². The van der Waals surface area contributed by atoms with E-state index in [1.165, 1.54) is 0 Å². The van der Waals surface area contributed by atoms with Gasteiger partial charge in [-0.05, 0) is 45.0 Å². The highest BCUT2D eigenvalue weighted by Gasteiger charge is 2.14. The zero-order chi connectivity index (χ0) is 13.8. The van der Waals surface area contributed by atoms with Gasteiger partial charge in [0.05, 0.1) is 4.90 Å². The van der Waals surface area contributed by atoms with Crippen molar-refractivity contribution in [3.05, 3.63) is 36.4 Å². The van der Waals surface area contributed by atoms with Crippen LogP contribution in [0.1, 0.15) is 20.8 Å². The lowest BCUT2D eigenvalue weighted by Crippen LogP contribution is -2.30. The monoisotopic (exact) mass is 268 g/mol. The van der Waals surface area contributed by atoms with Crippen molar-refractivity contribution < 1.29 is 8.42 Å². The van der Waals surface area contributed by atoms with E-state index in [0.29, 0.717) is 6.54 Å². The van der Waals surface area contributed by atoms with Gasteiger partial charge in [0, 0.05) is 18.3 Å². The molecule has 0 amide bonds. The lowest BCUT2D eigenvalue weighted by molar-refractivity contribution is 0.570. The first-order chi connectivity index (χ1) is 8.31. The standard InChI is InChI=1S/C13H20N2O2S/c1-10(2)9-14-12-5-7-13(8-6-12)18(16,17)15-11(3)4/h5-8,11,14-15H,1,9H2,2-4H3. The maximum atomic E-state index is 11.9. The molecule has 0 fully saturated rings. The van der Waals surface area contributed by atoms with E-state index in [-0.39, 0.29) is 10.9 Å². The Labute approximate surface area is 109 Å². The van der Waals surface area contributed by atoms with E-state index >= 15 is 0 Å². The van der Waals surface area contributed by atoms with Crippen LogP contribution < -0.4 is 10.0 Å². The van der Waals surface area contributed by atoms with Crippen molar-refractivity contribution in [3.63, 3.8) is 0 Å². The lowest BCUT2D eigenvalue weighted by Gasteiger charge is -2.10. The van der Waals surface area contributed by atoms with Gasteiger partial charge < -0.3 is 5.32 Å². The number of hydrogen-bond acceptors (Lipinski definition) is 3. The number of rotatable bonds is 6. The van der Waals surface area contributed by atoms with Crippen molar-refractivity contribution in [2.45, 2.75) is 31.7 Å². The number of benzene rings is 1. The molecule has 0 heterocycles. The van der Waals surface area contributed by atoms with Gasteiger partial charge in [-0.1, -0.05) is 12.2 Å². The fourth-order valence-electron chi connectivity index (χ4n) is 1.38. The molecule has 0 aliphatic rings. The molecule has 0 bridgehead atoms. The Kier molecular flexibility index (Phi) is 4.93. The van der Waals surface area contributed by atoms with Crippen molar-refractivity contribution in [3.8, 4) is 0 Å². The zero-order valence-electron chi connectivity index (χ0n) is 11.0. The lowest BCUT2D eigenvalue weighted by atomic mass is 10.3. The Bertz CT molecular complexity index is 504. The molecule has 0 radical (unpaired) electrons. The average molecular weight is 268 g/mol. The van der Waals surface area contributed by atoms with Crippen molar-refractivity contribution in [2.75, 3.05) is 11.9 Å². The van der Waals surface area contributed by atoms with Gasteiger partial charge in [-0.15, -0.1) is 0 Å². The number of sulfonamides is 1. The van der Waals surface area contributed by atoms with E-state index in [1.54, 1.807) is 38.1 Å². The zero-order valence-corrected chi connectivity index (χ0v) is 11.8. The molecule has 0 aliphatic carbocycles. The Balaban J connectivity index is 2.79. The third-order valence-electron chi connectivity index (χ3n) is 2.15. The van der Waals surface area contributed by atoms with Crippen LogP contribution in [0.2, 0.25) is 0 Å². The van der Waals surface area contributed by atoms with Crippen LogP contribution in [0.3, 0.4) is 0 Å². The van der Waals surface area contributed by atoms with Crippen LogP contribution in [0.4, 0.5) is 5.69 Å². The van der Waals surface area contributed by atoms with Gasteiger partial charge in [0.25, 0.3) is 0 Å². The van der Waals surface area contributed by atoms with E-state index in [1.807, 2.05) is 6.92 Å². The highest BCUT2D eigenvalue weighted by molar-refractivity contribution is 7.89. The number of hydrogen-bond donors (Lipinski definition) is 2. The molecule has 0 unspecified atom stereocenters. The summed E-state index contributed by atoms with van der Waals surface area (Å²) in [5, 5.41) is 3.15. The van der Waals surface area contributed by atoms with Crippen molar-refractivity contribution >= 4 is 15.7 Å². The second-order valence-electron chi connectivity index (χ2n) is 4.61. The van der Waals surface area contributed by atoms with Gasteiger partial charge in [0.2, 0.25) is 10.0 Å². The van der Waals surface area contributed by atoms with E-state index in [9.17, 15) is 8.42 Å². The van der Waals surface area contributed by atoms with Crippen LogP contribution >= 0.6 is 0 Å². The second-order valence-corrected chi connectivity index (χ2v) is 6.33. The van der Waals surface area contributed by atoms with Gasteiger partial charge in [0.1, 0.15) is 0 Å². The molecule has 0 aliphatic heterocycles. The topological polar surface area (TPSA) is 58.2 Å². The molecule has 0 spiro atoms. The summed E-state index contributed by atoms with van der Waals surface area (Å²) >= 11 is 0. The summed E-state index contributed by atoms with van der Waals surface area (Å²) in [6.07, 6.45) is 0. The van der Waals surface area contributed by atoms with E-state index in [4.69, 9.17) is 0 Å². The smallest absolute Gasteiger partial charge is 0.240 e. The molecule has 1 aromatic rings. The molecule has 1 rings (SSSR count). The maximum Gasteiger partial charge on any atom is 0.240 e. The highest BCUT2D eigenvalue weighted by Crippen LogP contribution is 2.14. The number of nitrogens with one attached hydrogen (secondary N) is 2. The number of anilines is 1. The van der Waals surface area contributed by atoms with Crippen LogP contribution in [0, 0.1) is 0 Å². The van der Waals surface area contributed by atoms with Crippen LogP contribution in [-0.4, -0.2) is 21.0 Å². The fourth-order valence-corrected chi connectivity index (χ4v) is 2.63.